The van der Waals surface area contributed by atoms with Gasteiger partial charge in [-0.05, 0) is 38.5 Å². The van der Waals surface area contributed by atoms with Crippen LogP contribution in [0.4, 0.5) is 0 Å². The molecule has 168 valence electrons. The summed E-state index contributed by atoms with van der Waals surface area (Å²) in [7, 11) is -6.33. The lowest BCUT2D eigenvalue weighted by Gasteiger charge is -2.27. The number of benzene rings is 2. The molecule has 0 aliphatic heterocycles. The maximum Gasteiger partial charge on any atom is 0.371 e. The second-order valence-electron chi connectivity index (χ2n) is 6.96. The van der Waals surface area contributed by atoms with Crippen LogP contribution in [0.5, 0.6) is 0 Å². The lowest BCUT2D eigenvalue weighted by atomic mass is 9.96. The molecule has 0 heterocycles. The van der Waals surface area contributed by atoms with E-state index in [1.54, 1.807) is 26.0 Å². The normalized spacial score (nSPS) is 14.0. The van der Waals surface area contributed by atoms with Gasteiger partial charge >= 0.3 is 23.9 Å². The third-order valence-electron chi connectivity index (χ3n) is 4.49. The Kier molecular flexibility index (Phi) is 9.32. The van der Waals surface area contributed by atoms with E-state index >= 15 is 0 Å². The van der Waals surface area contributed by atoms with Crippen LogP contribution in [0.2, 0.25) is 0 Å². The molecule has 0 aromatic heterocycles. The van der Waals surface area contributed by atoms with E-state index in [2.05, 4.69) is 0 Å². The van der Waals surface area contributed by atoms with Gasteiger partial charge in [0.2, 0.25) is 5.60 Å². The van der Waals surface area contributed by atoms with E-state index in [0.29, 0.717) is 0 Å². The zero-order valence-electron chi connectivity index (χ0n) is 17.9. The van der Waals surface area contributed by atoms with E-state index < -0.39 is 35.8 Å². The molecule has 0 aliphatic rings. The minimum absolute atomic E-state index is 0.0211. The van der Waals surface area contributed by atoms with Crippen LogP contribution in [0.25, 0.3) is 0 Å². The van der Waals surface area contributed by atoms with E-state index in [4.69, 9.17) is 13.7 Å². The van der Waals surface area contributed by atoms with E-state index in [-0.39, 0.29) is 30.7 Å². The van der Waals surface area contributed by atoms with Crippen molar-refractivity contribution in [2.75, 3.05) is 25.7 Å². The van der Waals surface area contributed by atoms with Crippen molar-refractivity contribution < 1.29 is 31.4 Å². The summed E-state index contributed by atoms with van der Waals surface area (Å²) in [5, 5.41) is 0. The summed E-state index contributed by atoms with van der Waals surface area (Å²) in [6, 6.07) is 15.3. The van der Waals surface area contributed by atoms with Crippen LogP contribution in [-0.4, -0.2) is 45.7 Å². The average molecular weight is 468 g/mol. The summed E-state index contributed by atoms with van der Waals surface area (Å²) in [6.45, 7) is 5.57. The molecule has 7 nitrogen and oxygen atoms in total. The summed E-state index contributed by atoms with van der Waals surface area (Å²) < 4.78 is 53.6. The van der Waals surface area contributed by atoms with Gasteiger partial charge in [0, 0.05) is 13.0 Å². The van der Waals surface area contributed by atoms with Crippen molar-refractivity contribution in [1.29, 1.82) is 0 Å². The van der Waals surface area contributed by atoms with Gasteiger partial charge in [0.05, 0.1) is 11.5 Å². The Balaban J connectivity index is 2.19. The van der Waals surface area contributed by atoms with Gasteiger partial charge in [-0.25, -0.2) is 8.98 Å². The maximum atomic E-state index is 12.8. The van der Waals surface area contributed by atoms with Crippen LogP contribution < -0.4 is 0 Å². The molecule has 0 saturated carbocycles. The number of carbonyl (C=O) groups is 1. The molecule has 2 aromatic rings. The van der Waals surface area contributed by atoms with Crippen molar-refractivity contribution in [3.8, 4) is 0 Å². The minimum atomic E-state index is -4.07. The molecule has 0 saturated heterocycles. The maximum absolute atomic E-state index is 12.8. The number of rotatable bonds is 12. The van der Waals surface area contributed by atoms with Crippen molar-refractivity contribution in [3.05, 3.63) is 65.7 Å². The fourth-order valence-corrected chi connectivity index (χ4v) is 5.67. The highest BCUT2D eigenvalue weighted by Crippen LogP contribution is 2.34. The summed E-state index contributed by atoms with van der Waals surface area (Å²) in [5.74, 6) is -0.634. The zero-order valence-corrected chi connectivity index (χ0v) is 19.7. The van der Waals surface area contributed by atoms with Crippen LogP contribution in [0.1, 0.15) is 25.0 Å². The molecule has 2 aromatic carbocycles. The van der Waals surface area contributed by atoms with Gasteiger partial charge in [0.15, 0.2) is 6.16 Å². The first kappa shape index (κ1) is 25.1. The van der Waals surface area contributed by atoms with Crippen molar-refractivity contribution >= 4 is 23.9 Å². The molecule has 31 heavy (non-hydrogen) atoms. The first-order valence-electron chi connectivity index (χ1n) is 9.95. The topological polar surface area (TPSA) is 96.0 Å². The van der Waals surface area contributed by atoms with Crippen molar-refractivity contribution in [2.45, 2.75) is 37.7 Å². The highest BCUT2D eigenvalue weighted by molar-refractivity contribution is 7.87. The third-order valence-corrected chi connectivity index (χ3v) is 7.23. The lowest BCUT2D eigenvalue weighted by molar-refractivity contribution is -0.168. The molecule has 2 unspecified atom stereocenters. The molecule has 0 fully saturated rings. The Labute approximate surface area is 184 Å². The lowest BCUT2D eigenvalue weighted by Crippen LogP contribution is -2.47. The first-order chi connectivity index (χ1) is 14.7. The summed E-state index contributed by atoms with van der Waals surface area (Å²) >= 11 is 0. The Bertz CT molecular complexity index is 975. The number of hydrogen-bond acceptors (Lipinski definition) is 7. The molecule has 2 atom stereocenters. The van der Waals surface area contributed by atoms with Gasteiger partial charge < -0.3 is 9.47 Å². The number of aryl methyl sites for hydroxylation is 1. The fourth-order valence-electron chi connectivity index (χ4n) is 3.04. The number of ether oxygens (including phenoxy) is 2. The van der Waals surface area contributed by atoms with E-state index in [9.17, 15) is 17.8 Å². The summed E-state index contributed by atoms with van der Waals surface area (Å²) in [5.41, 5.74) is 0.207. The molecule has 2 rings (SSSR count). The molecular formula is C22H28O7PS+. The molecular weight excluding hydrogens is 439 g/mol. The van der Waals surface area contributed by atoms with Crippen LogP contribution in [0, 0.1) is 6.92 Å². The molecule has 0 amide bonds. The van der Waals surface area contributed by atoms with Crippen LogP contribution in [0.15, 0.2) is 59.5 Å². The Morgan fingerprint density at radius 1 is 1.00 bits per heavy atom. The largest absolute Gasteiger partial charge is 0.464 e. The molecule has 9 heteroatoms. The van der Waals surface area contributed by atoms with Crippen LogP contribution >= 0.6 is 7.80 Å². The van der Waals surface area contributed by atoms with Crippen molar-refractivity contribution in [2.24, 2.45) is 0 Å². The van der Waals surface area contributed by atoms with Crippen LogP contribution in [-0.2, 0) is 39.6 Å². The first-order valence-corrected chi connectivity index (χ1v) is 13.0. The fraction of sp³-hybridized carbons (Fsp3) is 0.409. The predicted molar refractivity (Wildman–Crippen MR) is 118 cm³/mol. The summed E-state index contributed by atoms with van der Waals surface area (Å²) in [6.07, 6.45) is -0.645. The molecule has 0 spiro atoms. The standard InChI is InChI=1S/C22H28O7PS/c1-4-27-21(23)22(28-5-2,15-19-9-7-6-8-10-19)16-30(24)17-29-31(25,26)20-13-11-18(3)12-14-20/h6-14H,4-5,15-17H2,1-3H3/q+1. The Hall–Kier alpha value is -2.12. The Morgan fingerprint density at radius 3 is 2.23 bits per heavy atom. The van der Waals surface area contributed by atoms with E-state index in [1.165, 1.54) is 12.1 Å². The zero-order chi connectivity index (χ0) is 22.9. The smallest absolute Gasteiger partial charge is 0.371 e. The Morgan fingerprint density at radius 2 is 1.65 bits per heavy atom. The minimum Gasteiger partial charge on any atom is -0.464 e. The van der Waals surface area contributed by atoms with Gasteiger partial charge in [-0.15, -0.1) is 0 Å². The van der Waals surface area contributed by atoms with Gasteiger partial charge in [0.1, 0.15) is 0 Å². The second-order valence-corrected chi connectivity index (χ2v) is 10.1. The molecule has 0 N–H and O–H groups in total. The van der Waals surface area contributed by atoms with Gasteiger partial charge in [-0.2, -0.15) is 8.42 Å². The summed E-state index contributed by atoms with van der Waals surface area (Å²) in [4.78, 5) is 12.8. The van der Waals surface area contributed by atoms with Crippen molar-refractivity contribution in [1.82, 2.24) is 0 Å². The highest BCUT2D eigenvalue weighted by Gasteiger charge is 2.48. The van der Waals surface area contributed by atoms with E-state index in [0.717, 1.165) is 11.1 Å². The quantitative estimate of drug-likeness (QED) is 0.264. The van der Waals surface area contributed by atoms with Crippen LogP contribution in [0.3, 0.4) is 0 Å². The average Bonchev–Trinajstić information content (AvgIpc) is 2.74. The number of carbonyl (C=O) groups excluding carboxylic acids is 1. The highest BCUT2D eigenvalue weighted by atomic mass is 32.2. The van der Waals surface area contributed by atoms with Gasteiger partial charge in [-0.1, -0.05) is 52.6 Å². The van der Waals surface area contributed by atoms with Gasteiger partial charge in [-0.3, -0.25) is 0 Å². The predicted octanol–water partition coefficient (Wildman–Crippen LogP) is 4.07. The second kappa shape index (κ2) is 11.5. The van der Waals surface area contributed by atoms with Crippen molar-refractivity contribution in [3.63, 3.8) is 0 Å². The number of hydrogen-bond donors (Lipinski definition) is 0. The molecule has 0 aliphatic carbocycles. The van der Waals surface area contributed by atoms with Gasteiger partial charge in [0.25, 0.3) is 6.35 Å². The molecule has 0 radical (unpaired) electrons. The number of esters is 1. The molecule has 0 bridgehead atoms. The SMILES string of the molecule is CCOC(=O)C(Cc1ccccc1)(C[P+](=O)COS(=O)(=O)c1ccc(C)cc1)OCC. The third kappa shape index (κ3) is 7.21. The van der Waals surface area contributed by atoms with E-state index in [1.807, 2.05) is 37.3 Å². The monoisotopic (exact) mass is 467 g/mol.